The van der Waals surface area contributed by atoms with Crippen LogP contribution in [0.1, 0.15) is 33.1 Å². The Hall–Kier alpha value is -3.61. The molecule has 1 amide bonds. The Bertz CT molecular complexity index is 1710. The standard InChI is InChI=1S/C26H30N8O3S/c1-26(2)6-4-7-32(26)8-5-20(35)29-17-11-18-22(27-13-17)23-21(24(36)30-18)25-34(31-23)15-19(38-25)16-12-28-33(14-16)9-10-37-3/h11-15H,4-10H2,1-3H3,(H,29,35)(H,30,36). The van der Waals surface area contributed by atoms with Crippen LogP contribution in [0.15, 0.2) is 35.6 Å². The second kappa shape index (κ2) is 9.61. The highest BCUT2D eigenvalue weighted by molar-refractivity contribution is 7.21. The number of anilines is 1. The number of ether oxygens (including phenoxy) is 1. The van der Waals surface area contributed by atoms with Gasteiger partial charge in [-0.1, -0.05) is 0 Å². The highest BCUT2D eigenvalue weighted by atomic mass is 32.1. The van der Waals surface area contributed by atoms with E-state index in [2.05, 4.69) is 44.2 Å². The lowest BCUT2D eigenvalue weighted by Gasteiger charge is -2.31. The molecule has 5 aromatic rings. The Morgan fingerprint density at radius 1 is 1.24 bits per heavy atom. The van der Waals surface area contributed by atoms with Crippen LogP contribution < -0.4 is 10.9 Å². The number of likely N-dealkylation sites (tertiary alicyclic amines) is 1. The van der Waals surface area contributed by atoms with Gasteiger partial charge in [-0.15, -0.1) is 11.3 Å². The van der Waals surface area contributed by atoms with E-state index in [0.29, 0.717) is 47.2 Å². The van der Waals surface area contributed by atoms with Gasteiger partial charge in [-0.05, 0) is 39.3 Å². The van der Waals surface area contributed by atoms with Gasteiger partial charge in [0.1, 0.15) is 21.3 Å². The molecule has 0 radical (unpaired) electrons. The lowest BCUT2D eigenvalue weighted by atomic mass is 10.0. The first-order chi connectivity index (χ1) is 18.3. The summed E-state index contributed by atoms with van der Waals surface area (Å²) in [7, 11) is 1.66. The molecule has 0 bridgehead atoms. The number of H-pyrrole nitrogens is 1. The molecular weight excluding hydrogens is 504 g/mol. The number of carbonyl (C=O) groups excluding carboxylic acids is 1. The number of fused-ring (bicyclic) bond motifs is 5. The Labute approximate surface area is 222 Å². The number of aromatic nitrogens is 6. The Morgan fingerprint density at radius 2 is 2.11 bits per heavy atom. The number of nitrogens with one attached hydrogen (secondary N) is 2. The van der Waals surface area contributed by atoms with E-state index in [9.17, 15) is 9.59 Å². The fraction of sp³-hybridized carbons (Fsp3) is 0.423. The summed E-state index contributed by atoms with van der Waals surface area (Å²) in [5.74, 6) is -0.0714. The van der Waals surface area contributed by atoms with E-state index in [1.54, 1.807) is 30.1 Å². The van der Waals surface area contributed by atoms with Gasteiger partial charge in [0.2, 0.25) is 5.91 Å². The minimum absolute atomic E-state index is 0.0714. The van der Waals surface area contributed by atoms with Crippen LogP contribution in [0, 0.1) is 0 Å². The third kappa shape index (κ3) is 4.48. The number of hydrogen-bond acceptors (Lipinski definition) is 8. The van der Waals surface area contributed by atoms with Crippen molar-refractivity contribution in [1.29, 1.82) is 0 Å². The first-order valence-corrected chi connectivity index (χ1v) is 13.5. The number of aromatic amines is 1. The van der Waals surface area contributed by atoms with E-state index in [-0.39, 0.29) is 17.0 Å². The van der Waals surface area contributed by atoms with Crippen molar-refractivity contribution in [3.63, 3.8) is 0 Å². The van der Waals surface area contributed by atoms with E-state index in [1.165, 1.54) is 11.3 Å². The highest BCUT2D eigenvalue weighted by Crippen LogP contribution is 2.33. The molecule has 0 saturated carbocycles. The molecular formula is C26H30N8O3S. The van der Waals surface area contributed by atoms with Gasteiger partial charge in [0.05, 0.1) is 41.6 Å². The average molecular weight is 535 g/mol. The van der Waals surface area contributed by atoms with Crippen LogP contribution in [0.4, 0.5) is 5.69 Å². The maximum absolute atomic E-state index is 13.1. The molecule has 198 valence electrons. The average Bonchev–Trinajstić information content (AvgIpc) is 3.64. The molecule has 0 aromatic carbocycles. The molecule has 1 aliphatic heterocycles. The van der Waals surface area contributed by atoms with Gasteiger partial charge < -0.3 is 15.0 Å². The van der Waals surface area contributed by atoms with Crippen LogP contribution in [0.2, 0.25) is 0 Å². The normalized spacial score (nSPS) is 15.8. The van der Waals surface area contributed by atoms with Crippen molar-refractivity contribution in [2.75, 3.05) is 32.1 Å². The van der Waals surface area contributed by atoms with Crippen molar-refractivity contribution >= 4 is 49.7 Å². The van der Waals surface area contributed by atoms with Crippen molar-refractivity contribution in [1.82, 2.24) is 34.3 Å². The molecule has 0 aliphatic carbocycles. The smallest absolute Gasteiger partial charge is 0.261 e. The van der Waals surface area contributed by atoms with Crippen molar-refractivity contribution in [2.45, 2.75) is 45.2 Å². The molecule has 11 nitrogen and oxygen atoms in total. The summed E-state index contributed by atoms with van der Waals surface area (Å²) in [5, 5.41) is 12.5. The van der Waals surface area contributed by atoms with Gasteiger partial charge in [-0.3, -0.25) is 24.2 Å². The SMILES string of the molecule is COCCn1cc(-c2cn3nc4c5ncc(NC(=O)CCN6CCCC6(C)C)cc5[nH]c(=O)c4c3s2)cn1. The van der Waals surface area contributed by atoms with Gasteiger partial charge in [0.15, 0.2) is 0 Å². The van der Waals surface area contributed by atoms with Crippen LogP contribution in [0.25, 0.3) is 37.2 Å². The van der Waals surface area contributed by atoms with Gasteiger partial charge in [-0.2, -0.15) is 10.2 Å². The second-order valence-corrected chi connectivity index (χ2v) is 11.4. The summed E-state index contributed by atoms with van der Waals surface area (Å²) in [6.45, 7) is 7.44. The molecule has 0 atom stereocenters. The van der Waals surface area contributed by atoms with E-state index in [0.717, 1.165) is 41.2 Å². The predicted octanol–water partition coefficient (Wildman–Crippen LogP) is 3.50. The fourth-order valence-corrected chi connectivity index (χ4v) is 6.25. The summed E-state index contributed by atoms with van der Waals surface area (Å²) in [4.78, 5) is 37.3. The molecule has 6 heterocycles. The Kier molecular flexibility index (Phi) is 6.25. The number of pyridine rings is 2. The number of thiazole rings is 1. The first kappa shape index (κ1) is 24.7. The third-order valence-electron chi connectivity index (χ3n) is 7.31. The highest BCUT2D eigenvalue weighted by Gasteiger charge is 2.31. The predicted molar refractivity (Wildman–Crippen MR) is 148 cm³/mol. The molecule has 1 fully saturated rings. The lowest BCUT2D eigenvalue weighted by molar-refractivity contribution is -0.116. The first-order valence-electron chi connectivity index (χ1n) is 12.7. The third-order valence-corrected chi connectivity index (χ3v) is 8.45. The molecule has 5 aromatic heterocycles. The number of nitrogens with zero attached hydrogens (tertiary/aromatic N) is 6. The second-order valence-electron chi connectivity index (χ2n) is 10.3. The molecule has 38 heavy (non-hydrogen) atoms. The van der Waals surface area contributed by atoms with E-state index >= 15 is 0 Å². The van der Waals surface area contributed by atoms with Gasteiger partial charge in [0.25, 0.3) is 5.56 Å². The van der Waals surface area contributed by atoms with Crippen LogP contribution in [-0.2, 0) is 16.1 Å². The number of rotatable bonds is 8. The van der Waals surface area contributed by atoms with Gasteiger partial charge >= 0.3 is 0 Å². The van der Waals surface area contributed by atoms with E-state index in [4.69, 9.17) is 4.74 Å². The summed E-state index contributed by atoms with van der Waals surface area (Å²) in [6, 6.07) is 1.74. The van der Waals surface area contributed by atoms with Crippen molar-refractivity contribution in [3.8, 4) is 10.4 Å². The summed E-state index contributed by atoms with van der Waals surface area (Å²) in [6.07, 6.45) is 9.99. The quantitative estimate of drug-likeness (QED) is 0.312. The van der Waals surface area contributed by atoms with Crippen LogP contribution >= 0.6 is 11.3 Å². The number of carbonyl (C=O) groups is 1. The summed E-state index contributed by atoms with van der Waals surface area (Å²) < 4.78 is 8.67. The molecule has 0 unspecified atom stereocenters. The van der Waals surface area contributed by atoms with Crippen molar-refractivity contribution in [3.05, 3.63) is 41.2 Å². The number of methoxy groups -OCH3 is 1. The monoisotopic (exact) mass is 534 g/mol. The molecule has 12 heteroatoms. The zero-order valence-electron chi connectivity index (χ0n) is 21.7. The van der Waals surface area contributed by atoms with Crippen molar-refractivity contribution < 1.29 is 9.53 Å². The van der Waals surface area contributed by atoms with E-state index in [1.807, 2.05) is 17.1 Å². The van der Waals surface area contributed by atoms with E-state index < -0.39 is 0 Å². The zero-order chi connectivity index (χ0) is 26.4. The topological polar surface area (TPSA) is 122 Å². The zero-order valence-corrected chi connectivity index (χ0v) is 22.5. The molecule has 1 aliphatic rings. The number of amides is 1. The largest absolute Gasteiger partial charge is 0.383 e. The molecule has 2 N–H and O–H groups in total. The van der Waals surface area contributed by atoms with Gasteiger partial charge in [0, 0.05) is 43.6 Å². The fourth-order valence-electron chi connectivity index (χ4n) is 5.19. The van der Waals surface area contributed by atoms with Crippen LogP contribution in [0.5, 0.6) is 0 Å². The molecule has 1 saturated heterocycles. The lowest BCUT2D eigenvalue weighted by Crippen LogP contribution is -2.39. The summed E-state index contributed by atoms with van der Waals surface area (Å²) in [5.41, 5.74) is 3.05. The molecule has 6 rings (SSSR count). The van der Waals surface area contributed by atoms with Gasteiger partial charge in [-0.25, -0.2) is 4.52 Å². The van der Waals surface area contributed by atoms with Crippen molar-refractivity contribution in [2.24, 2.45) is 0 Å². The van der Waals surface area contributed by atoms with Crippen LogP contribution in [0.3, 0.4) is 0 Å². The number of hydrogen-bond donors (Lipinski definition) is 2. The molecule has 0 spiro atoms. The maximum atomic E-state index is 13.1. The summed E-state index contributed by atoms with van der Waals surface area (Å²) >= 11 is 1.48. The Morgan fingerprint density at radius 3 is 2.89 bits per heavy atom. The minimum atomic E-state index is -0.242. The van der Waals surface area contributed by atoms with Crippen LogP contribution in [-0.4, -0.2) is 72.5 Å². The minimum Gasteiger partial charge on any atom is -0.383 e. The maximum Gasteiger partial charge on any atom is 0.261 e. The Balaban J connectivity index is 1.24.